The fraction of sp³-hybridized carbons (Fsp3) is 0.438. The number of rotatable bonds is 3. The Morgan fingerprint density at radius 1 is 1.14 bits per heavy atom. The summed E-state index contributed by atoms with van der Waals surface area (Å²) < 4.78 is 5.57. The van der Waals surface area contributed by atoms with Gasteiger partial charge < -0.3 is 14.2 Å². The zero-order valence-electron chi connectivity index (χ0n) is 13.0. The Bertz CT molecular complexity index is 642. The molecule has 0 aliphatic carbocycles. The minimum absolute atomic E-state index is 0.0828. The molecule has 6 heteroatoms. The van der Waals surface area contributed by atoms with Gasteiger partial charge in [0.25, 0.3) is 5.91 Å². The maximum atomic E-state index is 12.5. The Morgan fingerprint density at radius 3 is 2.41 bits per heavy atom. The van der Waals surface area contributed by atoms with Crippen molar-refractivity contribution in [1.82, 2.24) is 15.1 Å². The lowest BCUT2D eigenvalue weighted by atomic mass is 10.1. The van der Waals surface area contributed by atoms with Crippen LogP contribution in [0.1, 0.15) is 28.7 Å². The van der Waals surface area contributed by atoms with Gasteiger partial charge >= 0.3 is 6.01 Å². The van der Waals surface area contributed by atoms with Crippen molar-refractivity contribution < 1.29 is 9.21 Å². The number of piperazine rings is 1. The van der Waals surface area contributed by atoms with E-state index >= 15 is 0 Å². The van der Waals surface area contributed by atoms with Crippen LogP contribution in [0.15, 0.2) is 28.7 Å². The molecule has 3 rings (SSSR count). The van der Waals surface area contributed by atoms with Crippen LogP contribution < -0.4 is 4.90 Å². The molecule has 0 N–H and O–H groups in total. The second kappa shape index (κ2) is 6.17. The molecular formula is C16H20N4O2. The summed E-state index contributed by atoms with van der Waals surface area (Å²) in [4.78, 5) is 16.4. The summed E-state index contributed by atoms with van der Waals surface area (Å²) in [6.45, 7) is 6.75. The van der Waals surface area contributed by atoms with Gasteiger partial charge in [-0.3, -0.25) is 4.79 Å². The summed E-state index contributed by atoms with van der Waals surface area (Å²) in [5.74, 6) is 0.729. The van der Waals surface area contributed by atoms with Crippen molar-refractivity contribution in [1.29, 1.82) is 0 Å². The van der Waals surface area contributed by atoms with Gasteiger partial charge in [0.2, 0.25) is 5.89 Å². The van der Waals surface area contributed by atoms with Crippen LogP contribution in [0.25, 0.3) is 0 Å². The van der Waals surface area contributed by atoms with Crippen LogP contribution in [0.2, 0.25) is 0 Å². The van der Waals surface area contributed by atoms with E-state index in [0.29, 0.717) is 38.1 Å². The molecule has 0 radical (unpaired) electrons. The van der Waals surface area contributed by atoms with Crippen LogP contribution in [0.3, 0.4) is 0 Å². The van der Waals surface area contributed by atoms with Gasteiger partial charge in [0.05, 0.1) is 0 Å². The highest BCUT2D eigenvalue weighted by Gasteiger charge is 2.24. The van der Waals surface area contributed by atoms with E-state index in [1.807, 2.05) is 47.9 Å². The monoisotopic (exact) mass is 300 g/mol. The average molecular weight is 300 g/mol. The largest absolute Gasteiger partial charge is 0.408 e. The maximum Gasteiger partial charge on any atom is 0.318 e. The summed E-state index contributed by atoms with van der Waals surface area (Å²) in [6.07, 6.45) is 0.735. The molecule has 2 heterocycles. The highest BCUT2D eigenvalue weighted by Crippen LogP contribution is 2.16. The zero-order valence-corrected chi connectivity index (χ0v) is 13.0. The topological polar surface area (TPSA) is 62.5 Å². The van der Waals surface area contributed by atoms with Gasteiger partial charge in [-0.15, -0.1) is 5.10 Å². The van der Waals surface area contributed by atoms with E-state index in [9.17, 15) is 4.79 Å². The smallest absolute Gasteiger partial charge is 0.318 e. The van der Waals surface area contributed by atoms with Crippen molar-refractivity contribution in [2.75, 3.05) is 31.1 Å². The minimum Gasteiger partial charge on any atom is -0.408 e. The number of nitrogens with zero attached hydrogens (tertiary/aromatic N) is 4. The number of anilines is 1. The predicted molar refractivity (Wildman–Crippen MR) is 83.0 cm³/mol. The summed E-state index contributed by atoms with van der Waals surface area (Å²) >= 11 is 0. The first-order valence-electron chi connectivity index (χ1n) is 7.60. The van der Waals surface area contributed by atoms with Crippen molar-refractivity contribution in [2.24, 2.45) is 0 Å². The lowest BCUT2D eigenvalue weighted by molar-refractivity contribution is 0.0745. The molecule has 1 amide bonds. The first kappa shape index (κ1) is 14.6. The van der Waals surface area contributed by atoms with Crippen LogP contribution in [-0.4, -0.2) is 47.2 Å². The summed E-state index contributed by atoms with van der Waals surface area (Å²) in [7, 11) is 0. The van der Waals surface area contributed by atoms with E-state index in [4.69, 9.17) is 4.42 Å². The number of benzene rings is 1. The Morgan fingerprint density at radius 2 is 1.82 bits per heavy atom. The van der Waals surface area contributed by atoms with Crippen LogP contribution in [0.4, 0.5) is 6.01 Å². The van der Waals surface area contributed by atoms with E-state index in [0.717, 1.165) is 17.5 Å². The molecule has 6 nitrogen and oxygen atoms in total. The molecule has 1 saturated heterocycles. The molecule has 1 aromatic heterocycles. The SMILES string of the molecule is CCc1nnc(N2CCN(C(=O)c3ccc(C)cc3)CC2)o1. The summed E-state index contributed by atoms with van der Waals surface area (Å²) in [6, 6.07) is 8.26. The number of aromatic nitrogens is 2. The first-order valence-corrected chi connectivity index (χ1v) is 7.60. The fourth-order valence-electron chi connectivity index (χ4n) is 2.49. The molecule has 1 aliphatic heterocycles. The molecular weight excluding hydrogens is 280 g/mol. The molecule has 0 saturated carbocycles. The third-order valence-corrected chi connectivity index (χ3v) is 3.89. The van der Waals surface area contributed by atoms with E-state index in [-0.39, 0.29) is 5.91 Å². The predicted octanol–water partition coefficient (Wildman–Crippen LogP) is 1.90. The van der Waals surface area contributed by atoms with Crippen molar-refractivity contribution in [3.8, 4) is 0 Å². The minimum atomic E-state index is 0.0828. The number of carbonyl (C=O) groups excluding carboxylic acids is 1. The maximum absolute atomic E-state index is 12.5. The van der Waals surface area contributed by atoms with Gasteiger partial charge in [-0.05, 0) is 19.1 Å². The zero-order chi connectivity index (χ0) is 15.5. The Balaban J connectivity index is 1.61. The van der Waals surface area contributed by atoms with Crippen LogP contribution in [0, 0.1) is 6.92 Å². The molecule has 1 aromatic carbocycles. The number of hydrogen-bond acceptors (Lipinski definition) is 5. The van der Waals surface area contributed by atoms with Gasteiger partial charge in [0.1, 0.15) is 0 Å². The molecule has 2 aromatic rings. The summed E-state index contributed by atoms with van der Waals surface area (Å²) in [5.41, 5.74) is 1.90. The van der Waals surface area contributed by atoms with E-state index in [2.05, 4.69) is 10.2 Å². The number of carbonyl (C=O) groups is 1. The lowest BCUT2D eigenvalue weighted by Gasteiger charge is -2.33. The van der Waals surface area contributed by atoms with E-state index in [1.165, 1.54) is 0 Å². The molecule has 0 unspecified atom stereocenters. The van der Waals surface area contributed by atoms with Gasteiger partial charge in [0, 0.05) is 38.2 Å². The van der Waals surface area contributed by atoms with Crippen molar-refractivity contribution in [2.45, 2.75) is 20.3 Å². The fourth-order valence-corrected chi connectivity index (χ4v) is 2.49. The van der Waals surface area contributed by atoms with Crippen LogP contribution in [-0.2, 0) is 6.42 Å². The summed E-state index contributed by atoms with van der Waals surface area (Å²) in [5, 5.41) is 8.04. The van der Waals surface area contributed by atoms with Crippen LogP contribution >= 0.6 is 0 Å². The number of hydrogen-bond donors (Lipinski definition) is 0. The quantitative estimate of drug-likeness (QED) is 0.866. The van der Waals surface area contributed by atoms with E-state index in [1.54, 1.807) is 0 Å². The van der Waals surface area contributed by atoms with Crippen molar-refractivity contribution in [3.05, 3.63) is 41.3 Å². The number of amides is 1. The third-order valence-electron chi connectivity index (χ3n) is 3.89. The van der Waals surface area contributed by atoms with E-state index < -0.39 is 0 Å². The molecule has 116 valence electrons. The van der Waals surface area contributed by atoms with Gasteiger partial charge in [0.15, 0.2) is 0 Å². The molecule has 0 bridgehead atoms. The normalized spacial score (nSPS) is 15.2. The molecule has 22 heavy (non-hydrogen) atoms. The van der Waals surface area contributed by atoms with Gasteiger partial charge in [-0.25, -0.2) is 0 Å². The number of aryl methyl sites for hydroxylation is 2. The van der Waals surface area contributed by atoms with Gasteiger partial charge in [-0.2, -0.15) is 0 Å². The molecule has 1 aliphatic rings. The second-order valence-corrected chi connectivity index (χ2v) is 5.48. The highest BCUT2D eigenvalue weighted by atomic mass is 16.4. The van der Waals surface area contributed by atoms with Crippen molar-refractivity contribution >= 4 is 11.9 Å². The first-order chi connectivity index (χ1) is 10.7. The van der Waals surface area contributed by atoms with Crippen LogP contribution in [0.5, 0.6) is 0 Å². The third kappa shape index (κ3) is 2.95. The lowest BCUT2D eigenvalue weighted by Crippen LogP contribution is -2.48. The average Bonchev–Trinajstić information content (AvgIpc) is 3.04. The Labute approximate surface area is 129 Å². The van der Waals surface area contributed by atoms with Crippen molar-refractivity contribution in [3.63, 3.8) is 0 Å². The molecule has 0 spiro atoms. The highest BCUT2D eigenvalue weighted by molar-refractivity contribution is 5.94. The Kier molecular flexibility index (Phi) is 4.09. The molecule has 0 atom stereocenters. The standard InChI is InChI=1S/C16H20N4O2/c1-3-14-17-18-16(22-14)20-10-8-19(9-11-20)15(21)13-6-4-12(2)5-7-13/h4-7H,3,8-11H2,1-2H3. The van der Waals surface area contributed by atoms with Gasteiger partial charge in [-0.1, -0.05) is 29.7 Å². The second-order valence-electron chi connectivity index (χ2n) is 5.48. The molecule has 1 fully saturated rings. The Hall–Kier alpha value is -2.37.